The fourth-order valence-electron chi connectivity index (χ4n) is 2.92. The quantitative estimate of drug-likeness (QED) is 0.335. The third kappa shape index (κ3) is 3.26. The van der Waals surface area contributed by atoms with E-state index in [1.54, 1.807) is 54.6 Å². The Bertz CT molecular complexity index is 1100. The highest BCUT2D eigenvalue weighted by atomic mass is 35.5. The Labute approximate surface area is 168 Å². The minimum absolute atomic E-state index is 0.164. The van der Waals surface area contributed by atoms with Crippen molar-refractivity contribution in [3.63, 3.8) is 0 Å². The van der Waals surface area contributed by atoms with Gasteiger partial charge in [0.25, 0.3) is 17.5 Å². The average molecular weight is 411 g/mol. The number of rotatable bonds is 4. The molecule has 0 unspecified atom stereocenters. The van der Waals surface area contributed by atoms with Crippen LogP contribution in [0.15, 0.2) is 76.5 Å². The maximum Gasteiger partial charge on any atom is 0.272 e. The molecule has 28 heavy (non-hydrogen) atoms. The van der Waals surface area contributed by atoms with Gasteiger partial charge in [-0.05, 0) is 42.5 Å². The van der Waals surface area contributed by atoms with E-state index in [4.69, 9.17) is 11.6 Å². The van der Waals surface area contributed by atoms with Gasteiger partial charge in [0, 0.05) is 26.9 Å². The van der Waals surface area contributed by atoms with Gasteiger partial charge < -0.3 is 0 Å². The van der Waals surface area contributed by atoms with Crippen LogP contribution in [0.5, 0.6) is 0 Å². The molecular weight excluding hydrogens is 400 g/mol. The predicted molar refractivity (Wildman–Crippen MR) is 106 cm³/mol. The maximum atomic E-state index is 12.7. The van der Waals surface area contributed by atoms with Gasteiger partial charge in [-0.15, -0.1) is 0 Å². The molecule has 0 saturated heterocycles. The minimum atomic E-state index is -0.548. The number of carbonyl (C=O) groups is 2. The smallest absolute Gasteiger partial charge is 0.268 e. The second-order valence-electron chi connectivity index (χ2n) is 5.99. The van der Waals surface area contributed by atoms with Gasteiger partial charge in [0.05, 0.1) is 21.7 Å². The van der Waals surface area contributed by atoms with Crippen molar-refractivity contribution in [2.24, 2.45) is 0 Å². The van der Waals surface area contributed by atoms with Crippen LogP contribution < -0.4 is 4.90 Å². The number of carbonyl (C=O) groups excluding carboxylic acids is 2. The number of nitrogens with zero attached hydrogens (tertiary/aromatic N) is 2. The first-order valence-corrected chi connectivity index (χ1v) is 9.34. The molecule has 6 nitrogen and oxygen atoms in total. The van der Waals surface area contributed by atoms with Gasteiger partial charge in [-0.1, -0.05) is 35.5 Å². The van der Waals surface area contributed by atoms with Crippen molar-refractivity contribution in [3.8, 4) is 0 Å². The van der Waals surface area contributed by atoms with Gasteiger partial charge in [-0.2, -0.15) is 0 Å². The zero-order valence-corrected chi connectivity index (χ0v) is 15.7. The summed E-state index contributed by atoms with van der Waals surface area (Å²) in [5.41, 5.74) is 0.527. The van der Waals surface area contributed by atoms with Crippen LogP contribution in [-0.4, -0.2) is 16.7 Å². The molecule has 4 rings (SSSR count). The average Bonchev–Trinajstić information content (AvgIpc) is 2.94. The van der Waals surface area contributed by atoms with E-state index in [0.717, 1.165) is 9.80 Å². The van der Waals surface area contributed by atoms with Crippen LogP contribution in [0.3, 0.4) is 0 Å². The second kappa shape index (κ2) is 7.10. The highest BCUT2D eigenvalue weighted by molar-refractivity contribution is 7.99. The van der Waals surface area contributed by atoms with Crippen LogP contribution in [-0.2, 0) is 0 Å². The van der Waals surface area contributed by atoms with E-state index < -0.39 is 16.7 Å². The molecule has 0 fully saturated rings. The highest BCUT2D eigenvalue weighted by Crippen LogP contribution is 2.37. The number of anilines is 1. The van der Waals surface area contributed by atoms with Gasteiger partial charge in [-0.25, -0.2) is 4.90 Å². The summed E-state index contributed by atoms with van der Waals surface area (Å²) in [5.74, 6) is -0.993. The topological polar surface area (TPSA) is 80.5 Å². The highest BCUT2D eigenvalue weighted by Gasteiger charge is 2.37. The van der Waals surface area contributed by atoms with Gasteiger partial charge in [0.2, 0.25) is 0 Å². The zero-order chi connectivity index (χ0) is 19.8. The van der Waals surface area contributed by atoms with E-state index in [-0.39, 0.29) is 22.5 Å². The summed E-state index contributed by atoms with van der Waals surface area (Å²) in [6, 6.07) is 17.7. The summed E-state index contributed by atoms with van der Waals surface area (Å²) in [7, 11) is 0. The first-order valence-electron chi connectivity index (χ1n) is 8.15. The van der Waals surface area contributed by atoms with Crippen molar-refractivity contribution < 1.29 is 14.5 Å². The molecule has 1 aliphatic rings. The van der Waals surface area contributed by atoms with Crippen LogP contribution in [0.25, 0.3) is 0 Å². The number of hydrogen-bond donors (Lipinski definition) is 0. The summed E-state index contributed by atoms with van der Waals surface area (Å²) in [4.78, 5) is 38.6. The Morgan fingerprint density at radius 1 is 0.857 bits per heavy atom. The summed E-state index contributed by atoms with van der Waals surface area (Å²) >= 11 is 7.16. The third-order valence-corrected chi connectivity index (χ3v) is 5.42. The van der Waals surface area contributed by atoms with E-state index in [9.17, 15) is 19.7 Å². The van der Waals surface area contributed by atoms with E-state index in [1.165, 1.54) is 23.9 Å². The molecule has 1 aliphatic heterocycles. The summed E-state index contributed by atoms with van der Waals surface area (Å²) in [5, 5.41) is 12.0. The molecule has 0 N–H and O–H groups in total. The van der Waals surface area contributed by atoms with Crippen LogP contribution in [0.4, 0.5) is 11.4 Å². The molecular formula is C20H11ClN2O4S. The summed E-state index contributed by atoms with van der Waals surface area (Å²) in [6.07, 6.45) is 0. The van der Waals surface area contributed by atoms with Crippen LogP contribution >= 0.6 is 23.4 Å². The fraction of sp³-hybridized carbons (Fsp3) is 0. The number of hydrogen-bond acceptors (Lipinski definition) is 5. The molecule has 0 atom stereocenters. The molecule has 0 aromatic heterocycles. The number of nitro benzene ring substituents is 1. The van der Waals surface area contributed by atoms with Crippen LogP contribution in [0.1, 0.15) is 20.7 Å². The number of nitro groups is 1. The van der Waals surface area contributed by atoms with Crippen molar-refractivity contribution in [1.82, 2.24) is 0 Å². The Morgan fingerprint density at radius 2 is 1.46 bits per heavy atom. The van der Waals surface area contributed by atoms with E-state index >= 15 is 0 Å². The van der Waals surface area contributed by atoms with Crippen LogP contribution in [0.2, 0.25) is 5.02 Å². The number of amides is 2. The van der Waals surface area contributed by atoms with E-state index in [0.29, 0.717) is 9.92 Å². The first kappa shape index (κ1) is 18.2. The molecule has 138 valence electrons. The number of non-ortho nitro benzene ring substituents is 1. The predicted octanol–water partition coefficient (Wildman–Crippen LogP) is 5.20. The number of benzene rings is 3. The zero-order valence-electron chi connectivity index (χ0n) is 14.2. The Hall–Kier alpha value is -3.16. The maximum absolute atomic E-state index is 12.7. The normalized spacial score (nSPS) is 13.0. The lowest BCUT2D eigenvalue weighted by atomic mass is 10.1. The largest absolute Gasteiger partial charge is 0.272 e. The molecule has 8 heteroatoms. The van der Waals surface area contributed by atoms with Gasteiger partial charge in [0.15, 0.2) is 0 Å². The number of fused-ring (bicyclic) bond motifs is 1. The molecule has 0 radical (unpaired) electrons. The van der Waals surface area contributed by atoms with Crippen molar-refractivity contribution in [1.29, 1.82) is 0 Å². The Balaban J connectivity index is 1.76. The van der Waals surface area contributed by atoms with Crippen LogP contribution in [0, 0.1) is 10.1 Å². The molecule has 0 saturated carbocycles. The van der Waals surface area contributed by atoms with E-state index in [2.05, 4.69) is 0 Å². The Kier molecular flexibility index (Phi) is 4.62. The van der Waals surface area contributed by atoms with Crippen molar-refractivity contribution >= 4 is 46.6 Å². The molecule has 0 spiro atoms. The lowest BCUT2D eigenvalue weighted by molar-refractivity contribution is -0.385. The van der Waals surface area contributed by atoms with Gasteiger partial charge >= 0.3 is 0 Å². The number of imide groups is 1. The van der Waals surface area contributed by atoms with Crippen molar-refractivity contribution in [3.05, 3.63) is 93.0 Å². The standard InChI is InChI=1S/C20H11ClN2O4S/c21-12-5-7-15(8-6-12)28-16-10-13(9-14(11-16)23(26)27)22-19(24)17-3-1-2-4-18(17)20(22)25/h1-11H. The minimum Gasteiger partial charge on any atom is -0.268 e. The summed E-state index contributed by atoms with van der Waals surface area (Å²) < 4.78 is 0. The SMILES string of the molecule is O=C1c2ccccc2C(=O)N1c1cc(Sc2ccc(Cl)cc2)cc([N+](=O)[O-])c1. The molecule has 0 bridgehead atoms. The van der Waals surface area contributed by atoms with Crippen molar-refractivity contribution in [2.45, 2.75) is 9.79 Å². The molecule has 1 heterocycles. The fourth-order valence-corrected chi connectivity index (χ4v) is 3.95. The molecule has 3 aromatic rings. The lowest BCUT2D eigenvalue weighted by Gasteiger charge is -2.15. The Morgan fingerprint density at radius 3 is 2.04 bits per heavy atom. The lowest BCUT2D eigenvalue weighted by Crippen LogP contribution is -2.29. The first-order chi connectivity index (χ1) is 13.4. The molecule has 0 aliphatic carbocycles. The monoisotopic (exact) mass is 410 g/mol. The second-order valence-corrected chi connectivity index (χ2v) is 7.57. The van der Waals surface area contributed by atoms with E-state index in [1.807, 2.05) is 0 Å². The van der Waals surface area contributed by atoms with Crippen molar-refractivity contribution in [2.75, 3.05) is 4.90 Å². The third-order valence-electron chi connectivity index (χ3n) is 4.19. The number of halogens is 1. The summed E-state index contributed by atoms with van der Waals surface area (Å²) in [6.45, 7) is 0. The van der Waals surface area contributed by atoms with Gasteiger partial charge in [0.1, 0.15) is 0 Å². The van der Waals surface area contributed by atoms with Gasteiger partial charge in [-0.3, -0.25) is 19.7 Å². The molecule has 3 aromatic carbocycles. The molecule has 2 amide bonds.